The number of nitrogens with zero attached hydrogens (tertiary/aromatic N) is 1. The van der Waals surface area contributed by atoms with Crippen LogP contribution < -0.4 is 10.6 Å². The zero-order valence-corrected chi connectivity index (χ0v) is 13.0. The van der Waals surface area contributed by atoms with E-state index in [0.29, 0.717) is 12.0 Å². The van der Waals surface area contributed by atoms with Gasteiger partial charge in [0, 0.05) is 19.1 Å². The van der Waals surface area contributed by atoms with Gasteiger partial charge in [-0.05, 0) is 59.2 Å². The maximum atomic E-state index is 12.0. The molecule has 4 heteroatoms. The second-order valence-electron chi connectivity index (χ2n) is 6.27. The first-order valence-corrected chi connectivity index (χ1v) is 7.69. The molecule has 0 radical (unpaired) electrons. The predicted octanol–water partition coefficient (Wildman–Crippen LogP) is 1.47. The Morgan fingerprint density at radius 1 is 1.37 bits per heavy atom. The molecule has 112 valence electrons. The topological polar surface area (TPSA) is 44.4 Å². The molecule has 1 aliphatic heterocycles. The van der Waals surface area contributed by atoms with Crippen LogP contribution in [0.15, 0.2) is 0 Å². The van der Waals surface area contributed by atoms with E-state index in [4.69, 9.17) is 0 Å². The number of nitrogens with one attached hydrogen (secondary N) is 2. The number of rotatable bonds is 7. The number of unbranched alkanes of at least 4 members (excludes halogenated alkanes) is 1. The maximum Gasteiger partial charge on any atom is 0.224 e. The van der Waals surface area contributed by atoms with Crippen molar-refractivity contribution >= 4 is 5.91 Å². The predicted molar refractivity (Wildman–Crippen MR) is 80.2 cm³/mol. The van der Waals surface area contributed by atoms with E-state index in [0.717, 1.165) is 45.4 Å². The van der Waals surface area contributed by atoms with Crippen LogP contribution in [-0.2, 0) is 4.79 Å². The van der Waals surface area contributed by atoms with Crippen LogP contribution in [0.4, 0.5) is 0 Å². The summed E-state index contributed by atoms with van der Waals surface area (Å²) in [4.78, 5) is 14.3. The molecule has 0 saturated carbocycles. The SMILES string of the molecule is CC1CNCC(C(=O)NCCCCN(C)C(C)C)C1. The molecule has 1 rings (SSSR count). The Bertz CT molecular complexity index is 268. The zero-order valence-electron chi connectivity index (χ0n) is 13.0. The monoisotopic (exact) mass is 269 g/mol. The second kappa shape index (κ2) is 8.54. The molecule has 2 unspecified atom stereocenters. The lowest BCUT2D eigenvalue weighted by Gasteiger charge is -2.26. The molecule has 2 atom stereocenters. The number of amides is 1. The summed E-state index contributed by atoms with van der Waals surface area (Å²) in [6, 6.07) is 0.601. The number of hydrogen-bond acceptors (Lipinski definition) is 3. The van der Waals surface area contributed by atoms with Crippen LogP contribution in [0, 0.1) is 11.8 Å². The Balaban J connectivity index is 2.07. The maximum absolute atomic E-state index is 12.0. The van der Waals surface area contributed by atoms with Crippen molar-refractivity contribution in [3.05, 3.63) is 0 Å². The number of carbonyl (C=O) groups excluding carboxylic acids is 1. The van der Waals surface area contributed by atoms with E-state index in [-0.39, 0.29) is 11.8 Å². The molecule has 0 spiro atoms. The molecule has 0 aromatic rings. The van der Waals surface area contributed by atoms with Gasteiger partial charge in [0.1, 0.15) is 0 Å². The van der Waals surface area contributed by atoms with Crippen molar-refractivity contribution in [1.82, 2.24) is 15.5 Å². The van der Waals surface area contributed by atoms with Crippen molar-refractivity contribution in [2.75, 3.05) is 33.2 Å². The molecule has 0 aromatic carbocycles. The summed E-state index contributed by atoms with van der Waals surface area (Å²) in [6.07, 6.45) is 3.24. The van der Waals surface area contributed by atoms with Gasteiger partial charge in [-0.25, -0.2) is 0 Å². The van der Waals surface area contributed by atoms with E-state index in [2.05, 4.69) is 43.4 Å². The third kappa shape index (κ3) is 6.39. The quantitative estimate of drug-likeness (QED) is 0.688. The molecule has 2 N–H and O–H groups in total. The van der Waals surface area contributed by atoms with Crippen LogP contribution in [0.2, 0.25) is 0 Å². The molecular weight excluding hydrogens is 238 g/mol. The Morgan fingerprint density at radius 2 is 2.11 bits per heavy atom. The van der Waals surface area contributed by atoms with Gasteiger partial charge in [0.15, 0.2) is 0 Å². The average Bonchev–Trinajstić information content (AvgIpc) is 2.37. The third-order valence-corrected chi connectivity index (χ3v) is 4.06. The normalized spacial score (nSPS) is 23.9. The molecule has 0 aromatic heterocycles. The van der Waals surface area contributed by atoms with Gasteiger partial charge in [0.05, 0.1) is 5.92 Å². The molecule has 1 amide bonds. The van der Waals surface area contributed by atoms with Gasteiger partial charge in [-0.15, -0.1) is 0 Å². The van der Waals surface area contributed by atoms with Crippen molar-refractivity contribution in [3.8, 4) is 0 Å². The first-order chi connectivity index (χ1) is 9.00. The Morgan fingerprint density at radius 3 is 2.74 bits per heavy atom. The smallest absolute Gasteiger partial charge is 0.224 e. The Labute approximate surface area is 118 Å². The van der Waals surface area contributed by atoms with Crippen LogP contribution in [0.25, 0.3) is 0 Å². The van der Waals surface area contributed by atoms with Gasteiger partial charge >= 0.3 is 0 Å². The van der Waals surface area contributed by atoms with Crippen LogP contribution in [0.1, 0.15) is 40.0 Å². The molecule has 1 heterocycles. The fourth-order valence-corrected chi connectivity index (χ4v) is 2.46. The van der Waals surface area contributed by atoms with Crippen molar-refractivity contribution in [2.24, 2.45) is 11.8 Å². The van der Waals surface area contributed by atoms with E-state index in [1.807, 2.05) is 0 Å². The van der Waals surface area contributed by atoms with Gasteiger partial charge in [0.25, 0.3) is 0 Å². The first-order valence-electron chi connectivity index (χ1n) is 7.69. The van der Waals surface area contributed by atoms with Crippen molar-refractivity contribution in [3.63, 3.8) is 0 Å². The molecule has 4 nitrogen and oxygen atoms in total. The summed E-state index contributed by atoms with van der Waals surface area (Å²) in [7, 11) is 2.15. The standard InChI is InChI=1S/C15H31N3O/c1-12(2)18(4)8-6-5-7-17-15(19)14-9-13(3)10-16-11-14/h12-14,16H,5-11H2,1-4H3,(H,17,19). The van der Waals surface area contributed by atoms with Crippen molar-refractivity contribution in [2.45, 2.75) is 46.1 Å². The number of piperidine rings is 1. The van der Waals surface area contributed by atoms with E-state index >= 15 is 0 Å². The Kier molecular flexibility index (Phi) is 7.39. The zero-order chi connectivity index (χ0) is 14.3. The molecule has 0 aliphatic carbocycles. The summed E-state index contributed by atoms with van der Waals surface area (Å²) in [6.45, 7) is 10.4. The average molecular weight is 269 g/mol. The largest absolute Gasteiger partial charge is 0.356 e. The van der Waals surface area contributed by atoms with E-state index in [1.165, 1.54) is 0 Å². The molecule has 19 heavy (non-hydrogen) atoms. The Hall–Kier alpha value is -0.610. The minimum atomic E-state index is 0.169. The van der Waals surface area contributed by atoms with Crippen molar-refractivity contribution < 1.29 is 4.79 Å². The highest BCUT2D eigenvalue weighted by Crippen LogP contribution is 2.15. The molecule has 1 fully saturated rings. The van der Waals surface area contributed by atoms with Crippen LogP contribution >= 0.6 is 0 Å². The first kappa shape index (κ1) is 16.4. The summed E-state index contributed by atoms with van der Waals surface area (Å²) >= 11 is 0. The van der Waals surface area contributed by atoms with Gasteiger partial charge in [0.2, 0.25) is 5.91 Å². The lowest BCUT2D eigenvalue weighted by atomic mass is 9.91. The van der Waals surface area contributed by atoms with Gasteiger partial charge in [-0.3, -0.25) is 4.79 Å². The lowest BCUT2D eigenvalue weighted by Crippen LogP contribution is -2.43. The van der Waals surface area contributed by atoms with E-state index in [1.54, 1.807) is 0 Å². The number of carbonyl (C=O) groups is 1. The second-order valence-corrected chi connectivity index (χ2v) is 6.27. The minimum Gasteiger partial charge on any atom is -0.356 e. The number of hydrogen-bond donors (Lipinski definition) is 2. The fraction of sp³-hybridized carbons (Fsp3) is 0.933. The summed E-state index contributed by atoms with van der Waals surface area (Å²) in [5.74, 6) is 1.02. The molecular formula is C15H31N3O. The van der Waals surface area contributed by atoms with Gasteiger partial charge in [-0.1, -0.05) is 6.92 Å². The molecule has 1 saturated heterocycles. The van der Waals surface area contributed by atoms with Crippen molar-refractivity contribution in [1.29, 1.82) is 0 Å². The summed E-state index contributed by atoms with van der Waals surface area (Å²) in [5, 5.41) is 6.41. The van der Waals surface area contributed by atoms with Crippen LogP contribution in [-0.4, -0.2) is 50.1 Å². The minimum absolute atomic E-state index is 0.169. The summed E-state index contributed by atoms with van der Waals surface area (Å²) < 4.78 is 0. The molecule has 1 aliphatic rings. The van der Waals surface area contributed by atoms with Gasteiger partial charge < -0.3 is 15.5 Å². The molecule has 0 bridgehead atoms. The summed E-state index contributed by atoms with van der Waals surface area (Å²) in [5.41, 5.74) is 0. The van der Waals surface area contributed by atoms with E-state index in [9.17, 15) is 4.79 Å². The highest BCUT2D eigenvalue weighted by molar-refractivity contribution is 5.78. The van der Waals surface area contributed by atoms with Crippen LogP contribution in [0.3, 0.4) is 0 Å². The fourth-order valence-electron chi connectivity index (χ4n) is 2.46. The lowest BCUT2D eigenvalue weighted by molar-refractivity contribution is -0.125. The third-order valence-electron chi connectivity index (χ3n) is 4.06. The van der Waals surface area contributed by atoms with Gasteiger partial charge in [-0.2, -0.15) is 0 Å². The van der Waals surface area contributed by atoms with E-state index < -0.39 is 0 Å². The van der Waals surface area contributed by atoms with Crippen LogP contribution in [0.5, 0.6) is 0 Å². The highest BCUT2D eigenvalue weighted by atomic mass is 16.1. The highest BCUT2D eigenvalue weighted by Gasteiger charge is 2.24.